The highest BCUT2D eigenvalue weighted by Crippen LogP contribution is 2.49. The standard InChI is InChI=1S/C24H21F3NO2P/c1-2-30-23(29)18-22(24(25,26)27)28-31(19-12-6-3-7-13-19,20-14-8-4-9-15-20)21-16-10-5-11-17-21/h3-18H,2H2,1H3/b22-18-. The van der Waals surface area contributed by atoms with Gasteiger partial charge in [0.05, 0.1) is 19.7 Å². The van der Waals surface area contributed by atoms with Gasteiger partial charge in [-0.15, -0.1) is 0 Å². The van der Waals surface area contributed by atoms with E-state index in [4.69, 9.17) is 4.74 Å². The van der Waals surface area contributed by atoms with Crippen molar-refractivity contribution >= 4 is 28.9 Å². The Labute approximate surface area is 179 Å². The van der Waals surface area contributed by atoms with E-state index < -0.39 is 24.9 Å². The number of halogens is 3. The van der Waals surface area contributed by atoms with Gasteiger partial charge in [0, 0.05) is 15.9 Å². The molecule has 0 aliphatic rings. The van der Waals surface area contributed by atoms with Gasteiger partial charge in [-0.1, -0.05) is 91.0 Å². The van der Waals surface area contributed by atoms with E-state index in [0.717, 1.165) is 0 Å². The van der Waals surface area contributed by atoms with Gasteiger partial charge in [0.2, 0.25) is 0 Å². The topological polar surface area (TPSA) is 38.7 Å². The second kappa shape index (κ2) is 9.80. The molecule has 0 fully saturated rings. The van der Waals surface area contributed by atoms with Crippen LogP contribution in [0.3, 0.4) is 0 Å². The first-order valence-corrected chi connectivity index (χ1v) is 11.4. The highest BCUT2D eigenvalue weighted by molar-refractivity contribution is 7.87. The normalized spacial score (nSPS) is 12.3. The Kier molecular flexibility index (Phi) is 7.13. The first kappa shape index (κ1) is 22.6. The lowest BCUT2D eigenvalue weighted by atomic mass is 10.4. The Bertz CT molecular complexity index is 993. The zero-order valence-corrected chi connectivity index (χ0v) is 17.7. The van der Waals surface area contributed by atoms with Gasteiger partial charge in [0.1, 0.15) is 0 Å². The number of benzene rings is 3. The maximum atomic E-state index is 14.0. The molecule has 0 aliphatic carbocycles. The van der Waals surface area contributed by atoms with Crippen LogP contribution >= 0.6 is 7.05 Å². The van der Waals surface area contributed by atoms with Gasteiger partial charge in [0.15, 0.2) is 5.70 Å². The van der Waals surface area contributed by atoms with Crippen LogP contribution in [0.25, 0.3) is 0 Å². The average Bonchev–Trinajstić information content (AvgIpc) is 2.78. The molecule has 0 amide bonds. The van der Waals surface area contributed by atoms with Crippen LogP contribution < -0.4 is 15.9 Å². The van der Waals surface area contributed by atoms with Crippen molar-refractivity contribution in [3.8, 4) is 0 Å². The summed E-state index contributed by atoms with van der Waals surface area (Å²) in [4.78, 5) is 11.9. The van der Waals surface area contributed by atoms with Gasteiger partial charge in [-0.2, -0.15) is 13.2 Å². The predicted molar refractivity (Wildman–Crippen MR) is 118 cm³/mol. The lowest BCUT2D eigenvalue weighted by Crippen LogP contribution is -2.26. The quantitative estimate of drug-likeness (QED) is 0.299. The third-order valence-electron chi connectivity index (χ3n) is 4.48. The fourth-order valence-electron chi connectivity index (χ4n) is 3.18. The molecule has 0 aromatic heterocycles. The molecular formula is C24H21F3NO2P. The largest absolute Gasteiger partial charge is 0.463 e. The van der Waals surface area contributed by atoms with Crippen LogP contribution in [0.4, 0.5) is 13.2 Å². The summed E-state index contributed by atoms with van der Waals surface area (Å²) >= 11 is 0. The van der Waals surface area contributed by atoms with Crippen LogP contribution in [0.5, 0.6) is 0 Å². The molecule has 0 heterocycles. The summed E-state index contributed by atoms with van der Waals surface area (Å²) in [5.74, 6) is -1.08. The molecule has 0 unspecified atom stereocenters. The van der Waals surface area contributed by atoms with Crippen LogP contribution in [0.15, 0.2) is 108 Å². The Morgan fingerprint density at radius 2 is 1.23 bits per heavy atom. The molecule has 0 bridgehead atoms. The fourth-order valence-corrected chi connectivity index (χ4v) is 6.72. The molecule has 0 aliphatic heterocycles. The van der Waals surface area contributed by atoms with Gasteiger partial charge in [-0.3, -0.25) is 0 Å². The van der Waals surface area contributed by atoms with E-state index in [1.807, 2.05) is 0 Å². The van der Waals surface area contributed by atoms with E-state index in [2.05, 4.69) is 4.74 Å². The van der Waals surface area contributed by atoms with Crippen molar-refractivity contribution in [3.63, 3.8) is 0 Å². The van der Waals surface area contributed by atoms with Gasteiger partial charge in [0.25, 0.3) is 0 Å². The molecule has 3 aromatic rings. The summed E-state index contributed by atoms with van der Waals surface area (Å²) in [5.41, 5.74) is -1.27. The monoisotopic (exact) mass is 443 g/mol. The zero-order valence-electron chi connectivity index (χ0n) is 16.8. The SMILES string of the molecule is CCOC(=O)/C=C(\N=P(c1ccccc1)(c1ccccc1)c1ccccc1)C(F)(F)F. The molecule has 0 spiro atoms. The molecule has 0 radical (unpaired) electrons. The molecule has 0 saturated carbocycles. The lowest BCUT2D eigenvalue weighted by Gasteiger charge is -2.27. The molecule has 7 heteroatoms. The lowest BCUT2D eigenvalue weighted by molar-refractivity contribution is -0.138. The van der Waals surface area contributed by atoms with Crippen LogP contribution in [-0.2, 0) is 9.53 Å². The van der Waals surface area contributed by atoms with Crippen molar-refractivity contribution in [3.05, 3.63) is 103 Å². The number of nitrogens with zero attached hydrogens (tertiary/aromatic N) is 1. The van der Waals surface area contributed by atoms with E-state index in [1.165, 1.54) is 6.92 Å². The summed E-state index contributed by atoms with van der Waals surface area (Å²) in [6.07, 6.45) is -4.40. The number of rotatable bonds is 6. The molecule has 0 saturated heterocycles. The third kappa shape index (κ3) is 5.15. The summed E-state index contributed by atoms with van der Waals surface area (Å²) in [6.45, 7) is 1.50. The molecule has 3 aromatic carbocycles. The number of hydrogen-bond donors (Lipinski definition) is 0. The van der Waals surface area contributed by atoms with Gasteiger partial charge < -0.3 is 4.74 Å². The number of allylic oxidation sites excluding steroid dienone is 1. The van der Waals surface area contributed by atoms with E-state index in [-0.39, 0.29) is 6.61 Å². The second-order valence-corrected chi connectivity index (χ2v) is 9.54. The van der Waals surface area contributed by atoms with Crippen LogP contribution in [0.1, 0.15) is 6.92 Å². The van der Waals surface area contributed by atoms with Crippen LogP contribution in [0.2, 0.25) is 0 Å². The number of hydrogen-bond acceptors (Lipinski definition) is 3. The summed E-state index contributed by atoms with van der Waals surface area (Å²) in [5, 5.41) is 1.93. The molecule has 160 valence electrons. The van der Waals surface area contributed by atoms with Crippen molar-refractivity contribution in [2.24, 2.45) is 4.74 Å². The number of alkyl halides is 3. The third-order valence-corrected chi connectivity index (χ3v) is 8.13. The van der Waals surface area contributed by atoms with Crippen molar-refractivity contribution in [1.29, 1.82) is 0 Å². The summed E-state index contributed by atoms with van der Waals surface area (Å²) < 4.78 is 51.2. The molecule has 3 rings (SSSR count). The summed E-state index contributed by atoms with van der Waals surface area (Å²) in [6, 6.07) is 26.7. The van der Waals surface area contributed by atoms with Crippen molar-refractivity contribution in [2.75, 3.05) is 6.61 Å². The number of ether oxygens (including phenoxy) is 1. The minimum Gasteiger partial charge on any atom is -0.463 e. The molecule has 3 nitrogen and oxygen atoms in total. The minimum atomic E-state index is -4.84. The first-order valence-electron chi connectivity index (χ1n) is 9.62. The maximum Gasteiger partial charge on any atom is 0.433 e. The Hall–Kier alpha value is -3.11. The zero-order chi connectivity index (χ0) is 22.3. The number of esters is 1. The average molecular weight is 443 g/mol. The molecule has 0 atom stereocenters. The smallest absolute Gasteiger partial charge is 0.433 e. The number of carbonyl (C=O) groups is 1. The fraction of sp³-hybridized carbons (Fsp3) is 0.125. The van der Waals surface area contributed by atoms with Crippen LogP contribution in [0, 0.1) is 0 Å². The van der Waals surface area contributed by atoms with Gasteiger partial charge in [-0.05, 0) is 6.92 Å². The van der Waals surface area contributed by atoms with Crippen LogP contribution in [-0.4, -0.2) is 18.8 Å². The van der Waals surface area contributed by atoms with E-state index >= 15 is 0 Å². The van der Waals surface area contributed by atoms with E-state index in [0.29, 0.717) is 22.0 Å². The highest BCUT2D eigenvalue weighted by Gasteiger charge is 2.38. The Morgan fingerprint density at radius 1 is 0.839 bits per heavy atom. The van der Waals surface area contributed by atoms with Gasteiger partial charge >= 0.3 is 12.1 Å². The molecular weight excluding hydrogens is 422 g/mol. The molecule has 0 N–H and O–H groups in total. The Balaban J connectivity index is 2.46. The molecule has 31 heavy (non-hydrogen) atoms. The van der Waals surface area contributed by atoms with Crippen molar-refractivity contribution in [1.82, 2.24) is 0 Å². The van der Waals surface area contributed by atoms with Crippen molar-refractivity contribution in [2.45, 2.75) is 13.1 Å². The minimum absolute atomic E-state index is 0.0309. The highest BCUT2D eigenvalue weighted by atomic mass is 31.2. The van der Waals surface area contributed by atoms with Crippen molar-refractivity contribution < 1.29 is 22.7 Å². The van der Waals surface area contributed by atoms with Gasteiger partial charge in [-0.25, -0.2) is 9.54 Å². The Morgan fingerprint density at radius 3 is 1.55 bits per heavy atom. The second-order valence-electron chi connectivity index (χ2n) is 6.52. The van der Waals surface area contributed by atoms with E-state index in [1.54, 1.807) is 91.0 Å². The first-order chi connectivity index (χ1) is 14.9. The number of carbonyl (C=O) groups excluding carboxylic acids is 1. The predicted octanol–water partition coefficient (Wildman–Crippen LogP) is 5.17. The van der Waals surface area contributed by atoms with E-state index in [9.17, 15) is 18.0 Å². The summed E-state index contributed by atoms with van der Waals surface area (Å²) in [7, 11) is -3.15. The maximum absolute atomic E-state index is 14.0.